The fourth-order valence-electron chi connectivity index (χ4n) is 3.15. The van der Waals surface area contributed by atoms with E-state index >= 15 is 0 Å². The standard InChI is InChI=1S/C20H41N5O2.HI/c1-16-10-8-12-25(14-16)13-9-11-22-17(21-7)23-15-20(5,6)24-18(26)27-19(2,3)4;/h16H,8-15H2,1-7H3,(H,24,26)(H2,21,22,23);1H. The van der Waals surface area contributed by atoms with Gasteiger partial charge in [0.15, 0.2) is 5.96 Å². The van der Waals surface area contributed by atoms with E-state index in [0.717, 1.165) is 31.4 Å². The van der Waals surface area contributed by atoms with Crippen molar-refractivity contribution >= 4 is 36.0 Å². The van der Waals surface area contributed by atoms with Crippen LogP contribution in [0.5, 0.6) is 0 Å². The van der Waals surface area contributed by atoms with Gasteiger partial charge in [-0.25, -0.2) is 4.79 Å². The Balaban J connectivity index is 0.00000729. The van der Waals surface area contributed by atoms with E-state index < -0.39 is 17.2 Å². The highest BCUT2D eigenvalue weighted by Gasteiger charge is 2.24. The fourth-order valence-corrected chi connectivity index (χ4v) is 3.15. The largest absolute Gasteiger partial charge is 0.444 e. The molecular formula is C20H42IN5O2. The van der Waals surface area contributed by atoms with Crippen molar-refractivity contribution in [3.8, 4) is 0 Å². The number of alkyl carbamates (subject to hydrolysis) is 1. The van der Waals surface area contributed by atoms with E-state index in [4.69, 9.17) is 4.74 Å². The number of guanidine groups is 1. The van der Waals surface area contributed by atoms with Crippen molar-refractivity contribution in [3.05, 3.63) is 0 Å². The van der Waals surface area contributed by atoms with E-state index in [1.54, 1.807) is 7.05 Å². The molecule has 1 saturated heterocycles. The molecule has 1 heterocycles. The third-order valence-corrected chi connectivity index (χ3v) is 4.45. The molecule has 166 valence electrons. The Morgan fingerprint density at radius 3 is 2.46 bits per heavy atom. The summed E-state index contributed by atoms with van der Waals surface area (Å²) in [7, 11) is 1.76. The molecule has 0 saturated carbocycles. The molecule has 0 aromatic rings. The zero-order valence-electron chi connectivity index (χ0n) is 18.9. The highest BCUT2D eigenvalue weighted by atomic mass is 127. The molecule has 1 unspecified atom stereocenters. The normalized spacial score (nSPS) is 18.8. The molecule has 0 aromatic carbocycles. The minimum absolute atomic E-state index is 0. The maximum atomic E-state index is 12.0. The first-order valence-corrected chi connectivity index (χ1v) is 10.2. The van der Waals surface area contributed by atoms with Gasteiger partial charge in [0, 0.05) is 26.7 Å². The van der Waals surface area contributed by atoms with Crippen LogP contribution in [-0.2, 0) is 4.74 Å². The average Bonchev–Trinajstić information content (AvgIpc) is 2.51. The summed E-state index contributed by atoms with van der Waals surface area (Å²) in [5.41, 5.74) is -0.957. The van der Waals surface area contributed by atoms with Crippen LogP contribution < -0.4 is 16.0 Å². The molecule has 28 heavy (non-hydrogen) atoms. The number of nitrogens with one attached hydrogen (secondary N) is 3. The molecule has 0 aromatic heterocycles. The number of likely N-dealkylation sites (tertiary alicyclic amines) is 1. The molecule has 0 spiro atoms. The first-order chi connectivity index (χ1) is 12.5. The molecule has 1 rings (SSSR count). The molecule has 8 heteroatoms. The van der Waals surface area contributed by atoms with Crippen LogP contribution in [0.1, 0.15) is 60.8 Å². The topological polar surface area (TPSA) is 78.0 Å². The summed E-state index contributed by atoms with van der Waals surface area (Å²) >= 11 is 0. The molecule has 1 aliphatic heterocycles. The van der Waals surface area contributed by atoms with Gasteiger partial charge in [-0.3, -0.25) is 4.99 Å². The second-order valence-electron chi connectivity index (χ2n) is 9.26. The number of piperidine rings is 1. The molecule has 1 aliphatic rings. The Labute approximate surface area is 188 Å². The summed E-state index contributed by atoms with van der Waals surface area (Å²) in [6.07, 6.45) is 3.36. The van der Waals surface area contributed by atoms with Gasteiger partial charge in [-0.1, -0.05) is 6.92 Å². The number of rotatable bonds is 7. The number of halogens is 1. The van der Waals surface area contributed by atoms with Crippen molar-refractivity contribution in [2.24, 2.45) is 10.9 Å². The van der Waals surface area contributed by atoms with E-state index in [2.05, 4.69) is 32.8 Å². The summed E-state index contributed by atoms with van der Waals surface area (Å²) in [5.74, 6) is 1.57. The first-order valence-electron chi connectivity index (χ1n) is 10.2. The van der Waals surface area contributed by atoms with Crippen molar-refractivity contribution in [2.45, 2.75) is 71.9 Å². The van der Waals surface area contributed by atoms with Crippen molar-refractivity contribution < 1.29 is 9.53 Å². The van der Waals surface area contributed by atoms with Crippen molar-refractivity contribution in [2.75, 3.05) is 39.8 Å². The summed E-state index contributed by atoms with van der Waals surface area (Å²) in [4.78, 5) is 18.8. The van der Waals surface area contributed by atoms with E-state index in [0.29, 0.717) is 6.54 Å². The van der Waals surface area contributed by atoms with E-state index in [1.165, 1.54) is 25.9 Å². The number of amides is 1. The van der Waals surface area contributed by atoms with Crippen LogP contribution in [0.2, 0.25) is 0 Å². The molecule has 3 N–H and O–H groups in total. The monoisotopic (exact) mass is 511 g/mol. The third-order valence-electron chi connectivity index (χ3n) is 4.45. The number of ether oxygens (including phenoxy) is 1. The maximum Gasteiger partial charge on any atom is 0.408 e. The number of carbonyl (C=O) groups is 1. The Hall–Kier alpha value is -0.770. The Bertz CT molecular complexity index is 491. The Morgan fingerprint density at radius 2 is 1.89 bits per heavy atom. The molecule has 1 amide bonds. The van der Waals surface area contributed by atoms with Gasteiger partial charge in [-0.2, -0.15) is 0 Å². The van der Waals surface area contributed by atoms with Crippen LogP contribution in [0, 0.1) is 5.92 Å². The first kappa shape index (κ1) is 27.2. The van der Waals surface area contributed by atoms with Crippen molar-refractivity contribution in [1.29, 1.82) is 0 Å². The van der Waals surface area contributed by atoms with Crippen molar-refractivity contribution in [1.82, 2.24) is 20.9 Å². The van der Waals surface area contributed by atoms with Crippen LogP contribution in [-0.4, -0.2) is 67.9 Å². The van der Waals surface area contributed by atoms with Crippen LogP contribution in [0.15, 0.2) is 4.99 Å². The molecule has 1 atom stereocenters. The average molecular weight is 511 g/mol. The minimum Gasteiger partial charge on any atom is -0.444 e. The second kappa shape index (κ2) is 12.7. The van der Waals surface area contributed by atoms with Gasteiger partial charge in [0.1, 0.15) is 5.60 Å². The van der Waals surface area contributed by atoms with Gasteiger partial charge in [-0.15, -0.1) is 24.0 Å². The molecule has 0 aliphatic carbocycles. The third kappa shape index (κ3) is 12.6. The summed E-state index contributed by atoms with van der Waals surface area (Å²) in [5, 5.41) is 9.52. The summed E-state index contributed by atoms with van der Waals surface area (Å²) in [6, 6.07) is 0. The summed E-state index contributed by atoms with van der Waals surface area (Å²) < 4.78 is 5.32. The number of nitrogens with zero attached hydrogens (tertiary/aromatic N) is 2. The minimum atomic E-state index is -0.503. The molecule has 0 radical (unpaired) electrons. The van der Waals surface area contributed by atoms with Gasteiger partial charge >= 0.3 is 6.09 Å². The lowest BCUT2D eigenvalue weighted by Gasteiger charge is -2.31. The van der Waals surface area contributed by atoms with E-state index in [-0.39, 0.29) is 24.0 Å². The van der Waals surface area contributed by atoms with E-state index in [1.807, 2.05) is 34.6 Å². The maximum absolute atomic E-state index is 12.0. The quantitative estimate of drug-likeness (QED) is 0.212. The molecular weight excluding hydrogens is 469 g/mol. The highest BCUT2D eigenvalue weighted by Crippen LogP contribution is 2.15. The number of hydrogen-bond acceptors (Lipinski definition) is 4. The second-order valence-corrected chi connectivity index (χ2v) is 9.26. The van der Waals surface area contributed by atoms with Gasteiger partial charge < -0.3 is 25.6 Å². The van der Waals surface area contributed by atoms with Crippen LogP contribution in [0.4, 0.5) is 4.79 Å². The number of hydrogen-bond donors (Lipinski definition) is 3. The fraction of sp³-hybridized carbons (Fsp3) is 0.900. The summed E-state index contributed by atoms with van der Waals surface area (Å²) in [6.45, 7) is 16.8. The van der Waals surface area contributed by atoms with Gasteiger partial charge in [0.2, 0.25) is 0 Å². The highest BCUT2D eigenvalue weighted by molar-refractivity contribution is 14.0. The predicted octanol–water partition coefficient (Wildman–Crippen LogP) is 3.19. The van der Waals surface area contributed by atoms with Crippen molar-refractivity contribution in [3.63, 3.8) is 0 Å². The van der Waals surface area contributed by atoms with Gasteiger partial charge in [0.25, 0.3) is 0 Å². The predicted molar refractivity (Wildman–Crippen MR) is 128 cm³/mol. The number of aliphatic imine (C=N–C) groups is 1. The zero-order valence-corrected chi connectivity index (χ0v) is 21.2. The molecule has 0 bridgehead atoms. The van der Waals surface area contributed by atoms with Gasteiger partial charge in [-0.05, 0) is 72.9 Å². The zero-order chi connectivity index (χ0) is 20.5. The lowest BCUT2D eigenvalue weighted by Crippen LogP contribution is -2.54. The smallest absolute Gasteiger partial charge is 0.408 e. The lowest BCUT2D eigenvalue weighted by atomic mass is 10.0. The van der Waals surface area contributed by atoms with E-state index in [9.17, 15) is 4.79 Å². The molecule has 1 fully saturated rings. The van der Waals surface area contributed by atoms with Gasteiger partial charge in [0.05, 0.1) is 5.54 Å². The Kier molecular flexibility index (Phi) is 12.4. The lowest BCUT2D eigenvalue weighted by molar-refractivity contribution is 0.0474. The SMILES string of the molecule is CN=C(NCCCN1CCCC(C)C1)NCC(C)(C)NC(=O)OC(C)(C)C.I. The van der Waals surface area contributed by atoms with Crippen LogP contribution >= 0.6 is 24.0 Å². The number of carbonyl (C=O) groups excluding carboxylic acids is 1. The van der Waals surface area contributed by atoms with Crippen LogP contribution in [0.25, 0.3) is 0 Å². The molecule has 7 nitrogen and oxygen atoms in total. The van der Waals surface area contributed by atoms with Crippen LogP contribution in [0.3, 0.4) is 0 Å². The Morgan fingerprint density at radius 1 is 1.21 bits per heavy atom.